The second kappa shape index (κ2) is 6.51. The lowest BCUT2D eigenvalue weighted by atomic mass is 9.65. The fraction of sp³-hybridized carbons (Fsp3) is 0.600. The van der Waals surface area contributed by atoms with Crippen molar-refractivity contribution in [3.05, 3.63) is 40.5 Å². The highest BCUT2D eigenvalue weighted by Crippen LogP contribution is 2.49. The Morgan fingerprint density at radius 1 is 1.27 bits per heavy atom. The van der Waals surface area contributed by atoms with Gasteiger partial charge in [-0.1, -0.05) is 11.6 Å². The van der Waals surface area contributed by atoms with Crippen LogP contribution in [-0.2, 0) is 4.79 Å². The molecule has 3 aliphatic rings. The van der Waals surface area contributed by atoms with Crippen molar-refractivity contribution in [2.45, 2.75) is 44.1 Å². The minimum atomic E-state index is -0.446. The van der Waals surface area contributed by atoms with Crippen molar-refractivity contribution >= 4 is 23.2 Å². The summed E-state index contributed by atoms with van der Waals surface area (Å²) < 4.78 is 13.4. The molecule has 4 rings (SSSR count). The third kappa shape index (κ3) is 3.58. The number of hydrogen-bond donors (Lipinski definition) is 1. The van der Waals surface area contributed by atoms with Crippen LogP contribution in [0, 0.1) is 23.7 Å². The fourth-order valence-corrected chi connectivity index (χ4v) is 4.78. The van der Waals surface area contributed by atoms with Crippen LogP contribution in [0.25, 0.3) is 4.85 Å². The highest BCUT2D eigenvalue weighted by Gasteiger charge is 2.55. The Labute approximate surface area is 158 Å². The number of carbonyl (C=O) groups excluding carboxylic acids is 1. The van der Waals surface area contributed by atoms with Crippen LogP contribution in [0.1, 0.15) is 38.5 Å². The molecule has 1 heterocycles. The topological polar surface area (TPSA) is 36.7 Å². The van der Waals surface area contributed by atoms with Crippen molar-refractivity contribution < 1.29 is 9.18 Å². The molecule has 2 saturated carbocycles. The predicted molar refractivity (Wildman–Crippen MR) is 99.4 cm³/mol. The van der Waals surface area contributed by atoms with E-state index in [0.29, 0.717) is 11.1 Å². The fourth-order valence-electron chi connectivity index (χ4n) is 4.56. The average Bonchev–Trinajstić information content (AvgIpc) is 3.33. The Morgan fingerprint density at radius 2 is 1.96 bits per heavy atom. The highest BCUT2D eigenvalue weighted by molar-refractivity contribution is 6.30. The van der Waals surface area contributed by atoms with E-state index in [1.807, 2.05) is 0 Å². The van der Waals surface area contributed by atoms with Crippen molar-refractivity contribution in [1.82, 2.24) is 4.90 Å². The Bertz CT molecular complexity index is 735. The third-order valence-electron chi connectivity index (χ3n) is 6.25. The van der Waals surface area contributed by atoms with Gasteiger partial charge in [-0.05, 0) is 49.3 Å². The minimum Gasteiger partial charge on any atom is -0.326 e. The molecule has 1 aromatic rings. The summed E-state index contributed by atoms with van der Waals surface area (Å²) in [5.41, 5.74) is 0.686. The lowest BCUT2D eigenvalue weighted by Crippen LogP contribution is -2.59. The summed E-state index contributed by atoms with van der Waals surface area (Å²) in [4.78, 5) is 18.7. The maximum atomic E-state index is 13.4. The molecule has 2 aliphatic carbocycles. The zero-order valence-electron chi connectivity index (χ0n) is 14.7. The van der Waals surface area contributed by atoms with Gasteiger partial charge in [0, 0.05) is 42.6 Å². The molecule has 6 heteroatoms. The van der Waals surface area contributed by atoms with Crippen molar-refractivity contribution in [3.8, 4) is 0 Å². The smallest absolute Gasteiger partial charge is 0.245 e. The third-order valence-corrected chi connectivity index (χ3v) is 6.47. The number of benzene rings is 1. The largest absolute Gasteiger partial charge is 0.326 e. The lowest BCUT2D eigenvalue weighted by Gasteiger charge is -2.53. The Morgan fingerprint density at radius 3 is 2.54 bits per heavy atom. The monoisotopic (exact) mass is 375 g/mol. The number of anilines is 1. The van der Waals surface area contributed by atoms with Crippen LogP contribution in [0.4, 0.5) is 10.1 Å². The summed E-state index contributed by atoms with van der Waals surface area (Å²) in [6, 6.07) is 4.09. The summed E-state index contributed by atoms with van der Waals surface area (Å²) in [6.45, 7) is 10.4. The number of halogens is 2. The Hall–Kier alpha value is -1.64. The molecular weight excluding hydrogens is 353 g/mol. The number of nitrogens with one attached hydrogen (secondary N) is 1. The number of rotatable bonds is 4. The first kappa shape index (κ1) is 17.8. The molecule has 0 bridgehead atoms. The second-order valence-electron chi connectivity index (χ2n) is 8.40. The van der Waals surface area contributed by atoms with Crippen LogP contribution in [-0.4, -0.2) is 36.0 Å². The molecule has 138 valence electrons. The summed E-state index contributed by atoms with van der Waals surface area (Å²) in [5, 5.41) is 3.09. The summed E-state index contributed by atoms with van der Waals surface area (Å²) in [7, 11) is 0. The summed E-state index contributed by atoms with van der Waals surface area (Å²) >= 11 is 5.84. The van der Waals surface area contributed by atoms with Crippen LogP contribution >= 0.6 is 11.6 Å². The van der Waals surface area contributed by atoms with Crippen LogP contribution in [0.2, 0.25) is 5.02 Å². The number of amides is 1. The van der Waals surface area contributed by atoms with Gasteiger partial charge in [-0.2, -0.15) is 0 Å². The average molecular weight is 376 g/mol. The molecule has 0 aromatic heterocycles. The molecule has 3 fully saturated rings. The van der Waals surface area contributed by atoms with E-state index in [1.54, 1.807) is 6.07 Å². The lowest BCUT2D eigenvalue weighted by molar-refractivity contribution is -0.123. The first-order chi connectivity index (χ1) is 12.4. The molecule has 4 nitrogen and oxygen atoms in total. The zero-order chi connectivity index (χ0) is 18.4. The van der Waals surface area contributed by atoms with E-state index in [1.165, 1.54) is 12.1 Å². The molecule has 0 atom stereocenters. The van der Waals surface area contributed by atoms with Gasteiger partial charge in [-0.25, -0.2) is 11.0 Å². The number of likely N-dealkylation sites (tertiary alicyclic amines) is 1. The van der Waals surface area contributed by atoms with E-state index in [9.17, 15) is 9.18 Å². The van der Waals surface area contributed by atoms with Gasteiger partial charge in [0.25, 0.3) is 0 Å². The van der Waals surface area contributed by atoms with E-state index in [0.717, 1.165) is 58.2 Å². The highest BCUT2D eigenvalue weighted by atomic mass is 35.5. The van der Waals surface area contributed by atoms with Gasteiger partial charge in [0.2, 0.25) is 11.4 Å². The van der Waals surface area contributed by atoms with Gasteiger partial charge < -0.3 is 10.2 Å². The standard InChI is InChI=1S/C20H23ClFN3O/c1-23-20(6-7-20)13-25-11-19(12-25)4-2-14(3-5-19)18(26)24-17-9-15(21)8-16(22)10-17/h8-10,14H,2-7,11-13H2,(H,24,26). The maximum Gasteiger partial charge on any atom is 0.245 e. The summed E-state index contributed by atoms with van der Waals surface area (Å²) in [6.07, 6.45) is 5.94. The van der Waals surface area contributed by atoms with Crippen LogP contribution < -0.4 is 5.32 Å². The van der Waals surface area contributed by atoms with Crippen LogP contribution in [0.5, 0.6) is 0 Å². The number of carbonyl (C=O) groups is 1. The van der Waals surface area contributed by atoms with Gasteiger partial charge in [0.1, 0.15) is 5.82 Å². The van der Waals surface area contributed by atoms with Crippen LogP contribution in [0.3, 0.4) is 0 Å². The molecule has 1 N–H and O–H groups in total. The van der Waals surface area contributed by atoms with E-state index in [4.69, 9.17) is 18.2 Å². The number of nitrogens with zero attached hydrogens (tertiary/aromatic N) is 2. The maximum absolute atomic E-state index is 13.4. The molecule has 26 heavy (non-hydrogen) atoms. The summed E-state index contributed by atoms with van der Waals surface area (Å²) in [5.74, 6) is -0.504. The first-order valence-corrected chi connectivity index (χ1v) is 9.67. The molecule has 1 spiro atoms. The van der Waals surface area contributed by atoms with Crippen molar-refractivity contribution in [2.75, 3.05) is 25.0 Å². The normalized spacial score (nSPS) is 23.9. The van der Waals surface area contributed by atoms with Crippen LogP contribution in [0.15, 0.2) is 18.2 Å². The molecule has 0 unspecified atom stereocenters. The minimum absolute atomic E-state index is 0.0188. The molecule has 1 amide bonds. The van der Waals surface area contributed by atoms with Crippen molar-refractivity contribution in [2.24, 2.45) is 11.3 Å². The van der Waals surface area contributed by atoms with Gasteiger partial charge in [-0.3, -0.25) is 9.69 Å². The second-order valence-corrected chi connectivity index (χ2v) is 8.84. The SMILES string of the molecule is [C-]#[N+]C1(CN2CC3(CCC(C(=O)Nc4cc(F)cc(Cl)c4)CC3)C2)CC1. The van der Waals surface area contributed by atoms with E-state index in [-0.39, 0.29) is 22.4 Å². The first-order valence-electron chi connectivity index (χ1n) is 9.29. The molecule has 0 radical (unpaired) electrons. The van der Waals surface area contributed by atoms with E-state index in [2.05, 4.69) is 15.1 Å². The molecule has 1 saturated heterocycles. The van der Waals surface area contributed by atoms with Crippen molar-refractivity contribution in [3.63, 3.8) is 0 Å². The van der Waals surface area contributed by atoms with Gasteiger partial charge in [-0.15, -0.1) is 0 Å². The van der Waals surface area contributed by atoms with Gasteiger partial charge in [0.15, 0.2) is 0 Å². The Balaban J connectivity index is 1.26. The molecule has 1 aromatic carbocycles. The number of hydrogen-bond acceptors (Lipinski definition) is 2. The van der Waals surface area contributed by atoms with E-state index < -0.39 is 5.82 Å². The van der Waals surface area contributed by atoms with Crippen molar-refractivity contribution in [1.29, 1.82) is 0 Å². The Kier molecular flexibility index (Phi) is 4.45. The van der Waals surface area contributed by atoms with Gasteiger partial charge >= 0.3 is 0 Å². The van der Waals surface area contributed by atoms with E-state index >= 15 is 0 Å². The molecule has 1 aliphatic heterocycles. The predicted octanol–water partition coefficient (Wildman–Crippen LogP) is 4.36. The quantitative estimate of drug-likeness (QED) is 0.794. The zero-order valence-corrected chi connectivity index (χ0v) is 15.5. The van der Waals surface area contributed by atoms with Gasteiger partial charge in [0.05, 0.1) is 6.54 Å². The molecular formula is C20H23ClFN3O.